The lowest BCUT2D eigenvalue weighted by atomic mass is 9.88. The highest BCUT2D eigenvalue weighted by Crippen LogP contribution is 2.17. The van der Waals surface area contributed by atoms with Crippen LogP contribution in [0, 0.1) is 17.8 Å². The van der Waals surface area contributed by atoms with Crippen LogP contribution in [-0.2, 0) is 4.79 Å². The van der Waals surface area contributed by atoms with Gasteiger partial charge in [0.05, 0.1) is 6.61 Å². The Morgan fingerprint density at radius 2 is 1.91 bits per heavy atom. The molecule has 1 N–H and O–H groups in total. The van der Waals surface area contributed by atoms with E-state index in [1.807, 2.05) is 6.92 Å². The summed E-state index contributed by atoms with van der Waals surface area (Å²) in [5, 5.41) is 8.78. The molecule has 0 heterocycles. The van der Waals surface area contributed by atoms with E-state index < -0.39 is 0 Å². The standard InChI is InChI=1S/C9H18O2/c1-7(2)4-8(3)9(5-10)6-11/h5,7-9,11H,4,6H2,1-3H3/t8-,9?/m1/s1. The van der Waals surface area contributed by atoms with Gasteiger partial charge in [-0.1, -0.05) is 20.8 Å². The van der Waals surface area contributed by atoms with Crippen LogP contribution in [-0.4, -0.2) is 18.0 Å². The van der Waals surface area contributed by atoms with Crippen molar-refractivity contribution in [1.29, 1.82) is 0 Å². The molecule has 2 nitrogen and oxygen atoms in total. The maximum absolute atomic E-state index is 10.4. The zero-order chi connectivity index (χ0) is 8.85. The Bertz CT molecular complexity index is 110. The average Bonchev–Trinajstić information content (AvgIpc) is 1.88. The van der Waals surface area contributed by atoms with E-state index in [-0.39, 0.29) is 12.5 Å². The summed E-state index contributed by atoms with van der Waals surface area (Å²) in [6, 6.07) is 0. The quantitative estimate of drug-likeness (QED) is 0.615. The van der Waals surface area contributed by atoms with Crippen LogP contribution in [0.1, 0.15) is 27.2 Å². The summed E-state index contributed by atoms with van der Waals surface area (Å²) in [6.45, 7) is 6.23. The van der Waals surface area contributed by atoms with Crippen LogP contribution in [0.25, 0.3) is 0 Å². The number of hydrogen-bond donors (Lipinski definition) is 1. The molecule has 1 unspecified atom stereocenters. The normalized spacial score (nSPS) is 16.5. The number of aliphatic hydroxyl groups is 1. The van der Waals surface area contributed by atoms with Crippen molar-refractivity contribution < 1.29 is 9.90 Å². The first-order valence-corrected chi connectivity index (χ1v) is 4.18. The van der Waals surface area contributed by atoms with E-state index in [4.69, 9.17) is 5.11 Å². The topological polar surface area (TPSA) is 37.3 Å². The third kappa shape index (κ3) is 4.14. The van der Waals surface area contributed by atoms with Crippen molar-refractivity contribution in [3.63, 3.8) is 0 Å². The van der Waals surface area contributed by atoms with E-state index in [1.54, 1.807) is 0 Å². The van der Waals surface area contributed by atoms with Crippen LogP contribution in [0.15, 0.2) is 0 Å². The summed E-state index contributed by atoms with van der Waals surface area (Å²) >= 11 is 0. The molecule has 2 heteroatoms. The van der Waals surface area contributed by atoms with Gasteiger partial charge >= 0.3 is 0 Å². The Labute approximate surface area is 68.6 Å². The summed E-state index contributed by atoms with van der Waals surface area (Å²) in [5.41, 5.74) is 0. The van der Waals surface area contributed by atoms with Gasteiger partial charge < -0.3 is 9.90 Å². The predicted octanol–water partition coefficient (Wildman–Crippen LogP) is 1.48. The van der Waals surface area contributed by atoms with E-state index in [1.165, 1.54) is 0 Å². The minimum Gasteiger partial charge on any atom is -0.396 e. The molecule has 0 aliphatic rings. The highest BCUT2D eigenvalue weighted by atomic mass is 16.3. The lowest BCUT2D eigenvalue weighted by Crippen LogP contribution is -2.18. The molecule has 0 saturated carbocycles. The van der Waals surface area contributed by atoms with Crippen LogP contribution < -0.4 is 0 Å². The fourth-order valence-electron chi connectivity index (χ4n) is 1.28. The molecule has 0 aromatic carbocycles. The van der Waals surface area contributed by atoms with Gasteiger partial charge in [-0.25, -0.2) is 0 Å². The Hall–Kier alpha value is -0.370. The van der Waals surface area contributed by atoms with Crippen molar-refractivity contribution >= 4 is 6.29 Å². The molecule has 0 fully saturated rings. The summed E-state index contributed by atoms with van der Waals surface area (Å²) < 4.78 is 0. The average molecular weight is 158 g/mol. The van der Waals surface area contributed by atoms with Crippen molar-refractivity contribution in [2.45, 2.75) is 27.2 Å². The lowest BCUT2D eigenvalue weighted by Gasteiger charge is -2.17. The monoisotopic (exact) mass is 158 g/mol. The largest absolute Gasteiger partial charge is 0.396 e. The Kier molecular flexibility index (Phi) is 5.12. The molecular formula is C9H18O2. The molecule has 0 saturated heterocycles. The third-order valence-corrected chi connectivity index (χ3v) is 1.96. The maximum atomic E-state index is 10.4. The van der Waals surface area contributed by atoms with Crippen LogP contribution in [0.5, 0.6) is 0 Å². The minimum atomic E-state index is -0.169. The molecule has 0 rings (SSSR count). The first-order valence-electron chi connectivity index (χ1n) is 4.18. The number of carbonyl (C=O) groups is 1. The molecule has 0 bridgehead atoms. The van der Waals surface area contributed by atoms with Gasteiger partial charge in [0.2, 0.25) is 0 Å². The number of rotatable bonds is 5. The molecule has 0 amide bonds. The predicted molar refractivity (Wildman–Crippen MR) is 45.3 cm³/mol. The molecule has 0 spiro atoms. The van der Waals surface area contributed by atoms with E-state index in [0.717, 1.165) is 12.7 Å². The molecule has 0 aliphatic heterocycles. The molecule has 0 aromatic heterocycles. The van der Waals surface area contributed by atoms with Crippen LogP contribution in [0.3, 0.4) is 0 Å². The van der Waals surface area contributed by atoms with Crippen LogP contribution in [0.2, 0.25) is 0 Å². The maximum Gasteiger partial charge on any atom is 0.125 e. The summed E-state index contributed by atoms with van der Waals surface area (Å²) in [5.74, 6) is 0.730. The Morgan fingerprint density at radius 3 is 2.18 bits per heavy atom. The van der Waals surface area contributed by atoms with Gasteiger partial charge in [-0.2, -0.15) is 0 Å². The van der Waals surface area contributed by atoms with Crippen molar-refractivity contribution in [3.05, 3.63) is 0 Å². The number of carbonyl (C=O) groups excluding carboxylic acids is 1. The van der Waals surface area contributed by atoms with Crippen molar-refractivity contribution in [1.82, 2.24) is 0 Å². The fourth-order valence-corrected chi connectivity index (χ4v) is 1.28. The van der Waals surface area contributed by atoms with Crippen molar-refractivity contribution in [3.8, 4) is 0 Å². The summed E-state index contributed by atoms with van der Waals surface area (Å²) in [4.78, 5) is 10.4. The molecule has 11 heavy (non-hydrogen) atoms. The zero-order valence-electron chi connectivity index (χ0n) is 7.58. The molecular weight excluding hydrogens is 140 g/mol. The second-order valence-corrected chi connectivity index (χ2v) is 3.59. The zero-order valence-corrected chi connectivity index (χ0v) is 7.58. The van der Waals surface area contributed by atoms with Crippen LogP contribution in [0.4, 0.5) is 0 Å². The number of aldehydes is 1. The van der Waals surface area contributed by atoms with Gasteiger partial charge in [0.1, 0.15) is 6.29 Å². The van der Waals surface area contributed by atoms with Crippen LogP contribution >= 0.6 is 0 Å². The second kappa shape index (κ2) is 5.30. The van der Waals surface area contributed by atoms with E-state index in [2.05, 4.69) is 13.8 Å². The summed E-state index contributed by atoms with van der Waals surface area (Å²) in [6.07, 6.45) is 1.86. The van der Waals surface area contributed by atoms with Gasteiger partial charge in [-0.3, -0.25) is 0 Å². The molecule has 0 aliphatic carbocycles. The fraction of sp³-hybridized carbons (Fsp3) is 0.889. The molecule has 0 radical (unpaired) electrons. The van der Waals surface area contributed by atoms with E-state index in [9.17, 15) is 4.79 Å². The first kappa shape index (κ1) is 10.6. The Morgan fingerprint density at radius 1 is 1.36 bits per heavy atom. The van der Waals surface area contributed by atoms with E-state index >= 15 is 0 Å². The minimum absolute atomic E-state index is 0.0165. The van der Waals surface area contributed by atoms with Crippen molar-refractivity contribution in [2.75, 3.05) is 6.61 Å². The number of aliphatic hydroxyl groups excluding tert-OH is 1. The van der Waals surface area contributed by atoms with Gasteiger partial charge in [0.25, 0.3) is 0 Å². The number of hydrogen-bond acceptors (Lipinski definition) is 2. The summed E-state index contributed by atoms with van der Waals surface area (Å²) in [7, 11) is 0. The highest BCUT2D eigenvalue weighted by Gasteiger charge is 2.16. The molecule has 66 valence electrons. The molecule has 0 aromatic rings. The lowest BCUT2D eigenvalue weighted by molar-refractivity contribution is -0.113. The van der Waals surface area contributed by atoms with E-state index in [0.29, 0.717) is 11.8 Å². The Balaban J connectivity index is 3.78. The highest BCUT2D eigenvalue weighted by molar-refractivity contribution is 5.53. The molecule has 2 atom stereocenters. The van der Waals surface area contributed by atoms with Crippen molar-refractivity contribution in [2.24, 2.45) is 17.8 Å². The smallest absolute Gasteiger partial charge is 0.125 e. The van der Waals surface area contributed by atoms with Gasteiger partial charge in [0.15, 0.2) is 0 Å². The van der Waals surface area contributed by atoms with Gasteiger partial charge in [0, 0.05) is 5.92 Å². The van der Waals surface area contributed by atoms with Gasteiger partial charge in [-0.15, -0.1) is 0 Å². The first-order chi connectivity index (χ1) is 5.11. The third-order valence-electron chi connectivity index (χ3n) is 1.96. The SMILES string of the molecule is CC(C)C[C@@H](C)C(C=O)CO. The van der Waals surface area contributed by atoms with Gasteiger partial charge in [-0.05, 0) is 18.3 Å². The second-order valence-electron chi connectivity index (χ2n) is 3.59.